The molecule has 0 radical (unpaired) electrons. The Labute approximate surface area is 118 Å². The summed E-state index contributed by atoms with van der Waals surface area (Å²) >= 11 is 0. The molecule has 0 heterocycles. The summed E-state index contributed by atoms with van der Waals surface area (Å²) in [6.45, 7) is 1.87. The topological polar surface area (TPSA) is 55.8 Å². The van der Waals surface area contributed by atoms with Crippen LogP contribution in [0.5, 0.6) is 11.5 Å². The van der Waals surface area contributed by atoms with Gasteiger partial charge in [0.05, 0.1) is 7.11 Å². The highest BCUT2D eigenvalue weighted by Crippen LogP contribution is 2.46. The average Bonchev–Trinajstić information content (AvgIpc) is 2.99. The third kappa shape index (κ3) is 2.23. The van der Waals surface area contributed by atoms with Gasteiger partial charge in [-0.1, -0.05) is 0 Å². The molecule has 1 N–H and O–H groups in total. The SMILES string of the molecule is COC(=O)c1c(O)cc(C)cc1O[C@@H]1CC2CCC1C2. The zero-order chi connectivity index (χ0) is 14.3. The van der Waals surface area contributed by atoms with Crippen molar-refractivity contribution in [2.75, 3.05) is 7.11 Å². The number of benzene rings is 1. The van der Waals surface area contributed by atoms with Crippen molar-refractivity contribution >= 4 is 5.97 Å². The molecular weight excluding hydrogens is 256 g/mol. The lowest BCUT2D eigenvalue weighted by Gasteiger charge is -2.24. The molecule has 2 aliphatic rings. The van der Waals surface area contributed by atoms with Gasteiger partial charge in [0.15, 0.2) is 0 Å². The van der Waals surface area contributed by atoms with E-state index in [0.717, 1.165) is 17.9 Å². The lowest BCUT2D eigenvalue weighted by atomic mass is 9.97. The molecule has 3 atom stereocenters. The molecule has 1 aromatic rings. The maximum Gasteiger partial charge on any atom is 0.345 e. The summed E-state index contributed by atoms with van der Waals surface area (Å²) in [7, 11) is 1.31. The number of phenols is 1. The molecule has 4 nitrogen and oxygen atoms in total. The maximum absolute atomic E-state index is 11.8. The standard InChI is InChI=1S/C16H20O4/c1-9-5-12(17)15(16(18)19-2)14(6-9)20-13-8-10-3-4-11(13)7-10/h5-6,10-11,13,17H,3-4,7-8H2,1-2H3/t10?,11?,13-/m1/s1. The number of hydrogen-bond acceptors (Lipinski definition) is 4. The van der Waals surface area contributed by atoms with Gasteiger partial charge in [-0.05, 0) is 62.1 Å². The predicted molar refractivity (Wildman–Crippen MR) is 74.0 cm³/mol. The first-order chi connectivity index (χ1) is 9.58. The number of phenolic OH excluding ortho intramolecular Hbond substituents is 1. The van der Waals surface area contributed by atoms with Gasteiger partial charge in [0.1, 0.15) is 23.2 Å². The molecule has 0 saturated heterocycles. The fraction of sp³-hybridized carbons (Fsp3) is 0.562. The Hall–Kier alpha value is -1.71. The molecular formula is C16H20O4. The summed E-state index contributed by atoms with van der Waals surface area (Å²) in [5.74, 6) is 1.18. The number of aromatic hydroxyl groups is 1. The molecule has 2 aliphatic carbocycles. The first kappa shape index (κ1) is 13.3. The molecule has 3 rings (SSSR count). The molecule has 2 fully saturated rings. The van der Waals surface area contributed by atoms with Crippen molar-refractivity contribution in [3.8, 4) is 11.5 Å². The molecule has 108 valence electrons. The molecule has 0 aromatic heterocycles. The number of carbonyl (C=O) groups is 1. The number of fused-ring (bicyclic) bond motifs is 2. The van der Waals surface area contributed by atoms with Crippen LogP contribution in [0, 0.1) is 18.8 Å². The van der Waals surface area contributed by atoms with Crippen molar-refractivity contribution in [2.45, 2.75) is 38.7 Å². The summed E-state index contributed by atoms with van der Waals surface area (Å²) in [6.07, 6.45) is 4.96. The fourth-order valence-electron chi connectivity index (χ4n) is 3.63. The molecule has 2 unspecified atom stereocenters. The third-order valence-corrected chi connectivity index (χ3v) is 4.57. The molecule has 2 bridgehead atoms. The van der Waals surface area contributed by atoms with Crippen LogP contribution < -0.4 is 4.74 Å². The van der Waals surface area contributed by atoms with Gasteiger partial charge in [0.25, 0.3) is 0 Å². The van der Waals surface area contributed by atoms with Crippen molar-refractivity contribution < 1.29 is 19.4 Å². The molecule has 1 aromatic carbocycles. The molecule has 0 amide bonds. The first-order valence-electron chi connectivity index (χ1n) is 7.17. The van der Waals surface area contributed by atoms with Gasteiger partial charge in [-0.25, -0.2) is 4.79 Å². The number of aryl methyl sites for hydroxylation is 1. The summed E-state index contributed by atoms with van der Waals surface area (Å²) < 4.78 is 10.8. The van der Waals surface area contributed by atoms with E-state index in [4.69, 9.17) is 9.47 Å². The monoisotopic (exact) mass is 276 g/mol. The van der Waals surface area contributed by atoms with E-state index in [1.807, 2.05) is 6.92 Å². The lowest BCUT2D eigenvalue weighted by Crippen LogP contribution is -2.24. The van der Waals surface area contributed by atoms with E-state index in [0.29, 0.717) is 11.7 Å². The van der Waals surface area contributed by atoms with E-state index in [1.54, 1.807) is 12.1 Å². The van der Waals surface area contributed by atoms with E-state index in [-0.39, 0.29) is 17.4 Å². The van der Waals surface area contributed by atoms with Crippen molar-refractivity contribution in [3.05, 3.63) is 23.3 Å². The fourth-order valence-corrected chi connectivity index (χ4v) is 3.63. The zero-order valence-corrected chi connectivity index (χ0v) is 11.9. The molecule has 0 aliphatic heterocycles. The van der Waals surface area contributed by atoms with Gasteiger partial charge in [-0.2, -0.15) is 0 Å². The van der Waals surface area contributed by atoms with Crippen LogP contribution in [0.1, 0.15) is 41.6 Å². The van der Waals surface area contributed by atoms with Gasteiger partial charge in [0, 0.05) is 0 Å². The smallest absolute Gasteiger partial charge is 0.345 e. The van der Waals surface area contributed by atoms with E-state index in [1.165, 1.54) is 26.4 Å². The van der Waals surface area contributed by atoms with Gasteiger partial charge >= 0.3 is 5.97 Å². The second-order valence-electron chi connectivity index (χ2n) is 5.98. The van der Waals surface area contributed by atoms with Crippen molar-refractivity contribution in [1.82, 2.24) is 0 Å². The number of ether oxygens (including phenoxy) is 2. The number of carbonyl (C=O) groups excluding carboxylic acids is 1. The largest absolute Gasteiger partial charge is 0.507 e. The van der Waals surface area contributed by atoms with Crippen LogP contribution in [-0.4, -0.2) is 24.3 Å². The highest BCUT2D eigenvalue weighted by molar-refractivity contribution is 5.95. The molecule has 4 heteroatoms. The Morgan fingerprint density at radius 1 is 1.30 bits per heavy atom. The lowest BCUT2D eigenvalue weighted by molar-refractivity contribution is 0.0584. The Balaban J connectivity index is 1.89. The average molecular weight is 276 g/mol. The second kappa shape index (κ2) is 5.00. The summed E-state index contributed by atoms with van der Waals surface area (Å²) in [4.78, 5) is 11.8. The van der Waals surface area contributed by atoms with Gasteiger partial charge < -0.3 is 14.6 Å². The normalized spacial score (nSPS) is 27.6. The van der Waals surface area contributed by atoms with Crippen molar-refractivity contribution in [1.29, 1.82) is 0 Å². The number of esters is 1. The summed E-state index contributed by atoms with van der Waals surface area (Å²) in [5.41, 5.74) is 1.01. The van der Waals surface area contributed by atoms with Crippen LogP contribution in [0.25, 0.3) is 0 Å². The van der Waals surface area contributed by atoms with Crippen LogP contribution in [0.4, 0.5) is 0 Å². The Morgan fingerprint density at radius 2 is 2.10 bits per heavy atom. The van der Waals surface area contributed by atoms with E-state index >= 15 is 0 Å². The summed E-state index contributed by atoms with van der Waals surface area (Å²) in [6, 6.07) is 3.36. The van der Waals surface area contributed by atoms with Crippen LogP contribution in [0.2, 0.25) is 0 Å². The maximum atomic E-state index is 11.8. The van der Waals surface area contributed by atoms with Crippen LogP contribution >= 0.6 is 0 Å². The highest BCUT2D eigenvalue weighted by Gasteiger charge is 2.41. The predicted octanol–water partition coefficient (Wildman–Crippen LogP) is 3.05. The van der Waals surface area contributed by atoms with Crippen molar-refractivity contribution in [3.63, 3.8) is 0 Å². The molecule has 2 saturated carbocycles. The van der Waals surface area contributed by atoms with Gasteiger partial charge in [-0.15, -0.1) is 0 Å². The van der Waals surface area contributed by atoms with E-state index < -0.39 is 5.97 Å². The van der Waals surface area contributed by atoms with Crippen LogP contribution in [-0.2, 0) is 4.74 Å². The third-order valence-electron chi connectivity index (χ3n) is 4.57. The minimum absolute atomic E-state index is 0.0741. The Kier molecular flexibility index (Phi) is 3.32. The minimum atomic E-state index is -0.555. The summed E-state index contributed by atoms with van der Waals surface area (Å²) in [5, 5.41) is 10.00. The number of methoxy groups -OCH3 is 1. The zero-order valence-electron chi connectivity index (χ0n) is 11.9. The molecule has 0 spiro atoms. The van der Waals surface area contributed by atoms with Crippen LogP contribution in [0.3, 0.4) is 0 Å². The van der Waals surface area contributed by atoms with Gasteiger partial charge in [-0.3, -0.25) is 0 Å². The quantitative estimate of drug-likeness (QED) is 0.862. The number of rotatable bonds is 3. The van der Waals surface area contributed by atoms with Crippen molar-refractivity contribution in [2.24, 2.45) is 11.8 Å². The number of hydrogen-bond donors (Lipinski definition) is 1. The first-order valence-corrected chi connectivity index (χ1v) is 7.17. The second-order valence-corrected chi connectivity index (χ2v) is 5.98. The Morgan fingerprint density at radius 3 is 2.70 bits per heavy atom. The highest BCUT2D eigenvalue weighted by atomic mass is 16.5. The van der Waals surface area contributed by atoms with Gasteiger partial charge in [0.2, 0.25) is 0 Å². The Bertz CT molecular complexity index is 538. The van der Waals surface area contributed by atoms with E-state index in [2.05, 4.69) is 0 Å². The van der Waals surface area contributed by atoms with E-state index in [9.17, 15) is 9.90 Å². The molecule has 20 heavy (non-hydrogen) atoms. The van der Waals surface area contributed by atoms with Crippen LogP contribution in [0.15, 0.2) is 12.1 Å². The minimum Gasteiger partial charge on any atom is -0.507 e.